The van der Waals surface area contributed by atoms with Crippen molar-refractivity contribution in [2.24, 2.45) is 5.73 Å². The van der Waals surface area contributed by atoms with Gasteiger partial charge in [-0.1, -0.05) is 23.5 Å². The highest BCUT2D eigenvalue weighted by molar-refractivity contribution is 8.00. The molecule has 1 aromatic heterocycles. The van der Waals surface area contributed by atoms with E-state index in [1.54, 1.807) is 11.3 Å². The van der Waals surface area contributed by atoms with E-state index in [2.05, 4.69) is 35.4 Å². The molecular weight excluding hydrogens is 274 g/mol. The Labute approximate surface area is 122 Å². The maximum absolute atomic E-state index is 5.94. The number of benzene rings is 1. The van der Waals surface area contributed by atoms with E-state index >= 15 is 0 Å². The molecule has 2 heterocycles. The van der Waals surface area contributed by atoms with Crippen LogP contribution in [0.2, 0.25) is 0 Å². The molecule has 1 aliphatic rings. The van der Waals surface area contributed by atoms with Crippen LogP contribution < -0.4 is 10.6 Å². The minimum Gasteiger partial charge on any atom is -0.348 e. The average molecular weight is 293 g/mol. The molecule has 0 atom stereocenters. The topological polar surface area (TPSA) is 42.1 Å². The zero-order chi connectivity index (χ0) is 13.3. The van der Waals surface area contributed by atoms with Crippen molar-refractivity contribution in [2.45, 2.75) is 17.6 Å². The molecule has 0 unspecified atom stereocenters. The monoisotopic (exact) mass is 293 g/mol. The zero-order valence-corrected chi connectivity index (χ0v) is 12.8. The Balaban J connectivity index is 1.78. The van der Waals surface area contributed by atoms with Gasteiger partial charge < -0.3 is 10.6 Å². The lowest BCUT2D eigenvalue weighted by atomic mass is 9.96. The lowest BCUT2D eigenvalue weighted by Gasteiger charge is -2.39. The van der Waals surface area contributed by atoms with Crippen molar-refractivity contribution in [3.05, 3.63) is 24.3 Å². The van der Waals surface area contributed by atoms with Crippen molar-refractivity contribution in [3.63, 3.8) is 0 Å². The van der Waals surface area contributed by atoms with Gasteiger partial charge in [-0.05, 0) is 31.2 Å². The molecule has 102 valence electrons. The van der Waals surface area contributed by atoms with E-state index < -0.39 is 0 Å². The Morgan fingerprint density at radius 2 is 2.11 bits per heavy atom. The third-order valence-corrected chi connectivity index (χ3v) is 6.57. The van der Waals surface area contributed by atoms with Gasteiger partial charge in [0.05, 0.1) is 10.2 Å². The van der Waals surface area contributed by atoms with E-state index in [-0.39, 0.29) is 4.75 Å². The third-order valence-electron chi connectivity index (χ3n) is 4.03. The lowest BCUT2D eigenvalue weighted by Crippen LogP contribution is -2.46. The van der Waals surface area contributed by atoms with Gasteiger partial charge in [0.2, 0.25) is 0 Å². The largest absolute Gasteiger partial charge is 0.348 e. The van der Waals surface area contributed by atoms with Crippen LogP contribution in [0, 0.1) is 0 Å². The van der Waals surface area contributed by atoms with Gasteiger partial charge in [-0.2, -0.15) is 11.8 Å². The fraction of sp³-hybridized carbons (Fsp3) is 0.500. The van der Waals surface area contributed by atoms with Crippen LogP contribution in [0.25, 0.3) is 10.2 Å². The number of para-hydroxylation sites is 1. The summed E-state index contributed by atoms with van der Waals surface area (Å²) in [6, 6.07) is 8.36. The molecule has 2 aromatic rings. The molecule has 5 heteroatoms. The average Bonchev–Trinajstić information content (AvgIpc) is 2.91. The minimum atomic E-state index is 0.285. The molecule has 0 spiro atoms. The summed E-state index contributed by atoms with van der Waals surface area (Å²) in [5.74, 6) is 0. The molecule has 3 rings (SSSR count). The molecular formula is C14H19N3S2. The van der Waals surface area contributed by atoms with Crippen LogP contribution in [0.15, 0.2) is 24.3 Å². The van der Waals surface area contributed by atoms with Crippen LogP contribution in [-0.4, -0.2) is 35.6 Å². The summed E-state index contributed by atoms with van der Waals surface area (Å²) < 4.78 is 1.56. The van der Waals surface area contributed by atoms with Crippen molar-refractivity contribution in [3.8, 4) is 0 Å². The van der Waals surface area contributed by atoms with Gasteiger partial charge in [0.15, 0.2) is 5.13 Å². The maximum atomic E-state index is 5.94. The first kappa shape index (κ1) is 13.2. The van der Waals surface area contributed by atoms with Gasteiger partial charge in [-0.25, -0.2) is 4.98 Å². The number of anilines is 1. The second kappa shape index (κ2) is 5.31. The number of rotatable bonds is 3. The van der Waals surface area contributed by atoms with Crippen LogP contribution >= 0.6 is 23.1 Å². The van der Waals surface area contributed by atoms with E-state index in [4.69, 9.17) is 10.7 Å². The fourth-order valence-electron chi connectivity index (χ4n) is 2.59. The summed E-state index contributed by atoms with van der Waals surface area (Å²) in [6.07, 6.45) is 4.49. The Morgan fingerprint density at radius 3 is 2.74 bits per heavy atom. The van der Waals surface area contributed by atoms with Gasteiger partial charge in [-0.15, -0.1) is 0 Å². The van der Waals surface area contributed by atoms with E-state index in [0.29, 0.717) is 0 Å². The number of hydrogen-bond donors (Lipinski definition) is 1. The molecule has 0 aliphatic carbocycles. The first-order valence-electron chi connectivity index (χ1n) is 6.62. The number of nitrogens with zero attached hydrogens (tertiary/aromatic N) is 2. The quantitative estimate of drug-likeness (QED) is 0.945. The normalized spacial score (nSPS) is 18.9. The molecule has 1 fully saturated rings. The number of piperidine rings is 1. The molecule has 0 amide bonds. The Bertz CT molecular complexity index is 520. The number of thioether (sulfide) groups is 1. The lowest BCUT2D eigenvalue weighted by molar-refractivity contribution is 0.457. The van der Waals surface area contributed by atoms with Gasteiger partial charge in [0.1, 0.15) is 0 Å². The predicted octanol–water partition coefficient (Wildman–Crippen LogP) is 2.96. The SMILES string of the molecule is CSC1(CN)CCN(c2nc3ccccc3s2)CC1. The van der Waals surface area contributed by atoms with Gasteiger partial charge in [0, 0.05) is 24.4 Å². The van der Waals surface area contributed by atoms with Crippen molar-refractivity contribution < 1.29 is 0 Å². The zero-order valence-electron chi connectivity index (χ0n) is 11.1. The number of nitrogens with two attached hydrogens (primary N) is 1. The Kier molecular flexibility index (Phi) is 3.69. The van der Waals surface area contributed by atoms with E-state index in [0.717, 1.165) is 43.1 Å². The van der Waals surface area contributed by atoms with E-state index in [1.165, 1.54) is 4.70 Å². The molecule has 0 radical (unpaired) electrons. The standard InChI is InChI=1S/C14H19N3S2/c1-18-14(10-15)6-8-17(9-7-14)13-16-11-4-2-3-5-12(11)19-13/h2-5H,6-10,15H2,1H3. The Hall–Kier alpha value is -0.780. The van der Waals surface area contributed by atoms with Crippen LogP contribution in [0.1, 0.15) is 12.8 Å². The first-order chi connectivity index (χ1) is 9.26. The maximum Gasteiger partial charge on any atom is 0.186 e. The summed E-state index contributed by atoms with van der Waals surface area (Å²) >= 11 is 3.72. The van der Waals surface area contributed by atoms with E-state index in [1.807, 2.05) is 11.8 Å². The van der Waals surface area contributed by atoms with Crippen molar-refractivity contribution >= 4 is 38.4 Å². The first-order valence-corrected chi connectivity index (χ1v) is 8.66. The second-order valence-electron chi connectivity index (χ2n) is 5.04. The summed E-state index contributed by atoms with van der Waals surface area (Å²) in [5, 5.41) is 1.16. The predicted molar refractivity (Wildman–Crippen MR) is 86.4 cm³/mol. The molecule has 1 aliphatic heterocycles. The smallest absolute Gasteiger partial charge is 0.186 e. The van der Waals surface area contributed by atoms with Crippen LogP contribution in [-0.2, 0) is 0 Å². The molecule has 2 N–H and O–H groups in total. The molecule has 0 saturated carbocycles. The third kappa shape index (κ3) is 2.47. The summed E-state index contributed by atoms with van der Waals surface area (Å²) in [6.45, 7) is 2.91. The number of thiazole rings is 1. The van der Waals surface area contributed by atoms with Crippen molar-refractivity contribution in [1.29, 1.82) is 0 Å². The highest BCUT2D eigenvalue weighted by Gasteiger charge is 2.33. The number of fused-ring (bicyclic) bond motifs is 1. The molecule has 1 aromatic carbocycles. The van der Waals surface area contributed by atoms with Crippen molar-refractivity contribution in [1.82, 2.24) is 4.98 Å². The van der Waals surface area contributed by atoms with Crippen molar-refractivity contribution in [2.75, 3.05) is 30.8 Å². The Morgan fingerprint density at radius 1 is 1.37 bits per heavy atom. The van der Waals surface area contributed by atoms with Crippen LogP contribution in [0.4, 0.5) is 5.13 Å². The highest BCUT2D eigenvalue weighted by atomic mass is 32.2. The van der Waals surface area contributed by atoms with E-state index in [9.17, 15) is 0 Å². The van der Waals surface area contributed by atoms with Crippen LogP contribution in [0.5, 0.6) is 0 Å². The number of hydrogen-bond acceptors (Lipinski definition) is 5. The summed E-state index contributed by atoms with van der Waals surface area (Å²) in [7, 11) is 0. The second-order valence-corrected chi connectivity index (χ2v) is 7.33. The summed E-state index contributed by atoms with van der Waals surface area (Å²) in [4.78, 5) is 7.15. The molecule has 19 heavy (non-hydrogen) atoms. The summed E-state index contributed by atoms with van der Waals surface area (Å²) in [5.41, 5.74) is 7.06. The molecule has 0 bridgehead atoms. The van der Waals surface area contributed by atoms with Gasteiger partial charge in [-0.3, -0.25) is 0 Å². The number of aromatic nitrogens is 1. The fourth-order valence-corrected chi connectivity index (χ4v) is 4.37. The van der Waals surface area contributed by atoms with Crippen LogP contribution in [0.3, 0.4) is 0 Å². The van der Waals surface area contributed by atoms with Gasteiger partial charge >= 0.3 is 0 Å². The minimum absolute atomic E-state index is 0.285. The van der Waals surface area contributed by atoms with Gasteiger partial charge in [0.25, 0.3) is 0 Å². The molecule has 1 saturated heterocycles. The highest BCUT2D eigenvalue weighted by Crippen LogP contribution is 2.37. The molecule has 3 nitrogen and oxygen atoms in total.